The van der Waals surface area contributed by atoms with E-state index in [-0.39, 0.29) is 16.5 Å². The number of aromatic nitrogens is 1. The van der Waals surface area contributed by atoms with E-state index in [1.54, 1.807) is 6.07 Å². The van der Waals surface area contributed by atoms with Gasteiger partial charge in [0.15, 0.2) is 5.76 Å². The first-order valence-corrected chi connectivity index (χ1v) is 4.93. The van der Waals surface area contributed by atoms with E-state index >= 15 is 0 Å². The summed E-state index contributed by atoms with van der Waals surface area (Å²) >= 11 is 5.87. The van der Waals surface area contributed by atoms with Gasteiger partial charge in [-0.2, -0.15) is 0 Å². The Balaban J connectivity index is 2.53. The molecule has 0 fully saturated rings. The number of hydrogen-bond donors (Lipinski definition) is 1. The van der Waals surface area contributed by atoms with Crippen LogP contribution in [0.1, 0.15) is 16.1 Å². The number of benzene rings is 1. The molecule has 16 heavy (non-hydrogen) atoms. The Morgan fingerprint density at radius 1 is 1.50 bits per heavy atom. The highest BCUT2D eigenvalue weighted by Gasteiger charge is 2.20. The summed E-state index contributed by atoms with van der Waals surface area (Å²) in [6.07, 6.45) is 0. The molecule has 0 bridgehead atoms. The molecule has 0 aliphatic heterocycles. The number of halogens is 1. The first-order chi connectivity index (χ1) is 7.59. The van der Waals surface area contributed by atoms with Crippen molar-refractivity contribution in [2.24, 2.45) is 0 Å². The standard InChI is InChI=1S/C11H8ClNO3/c1-6-3-2-4-7(5-6)10-8(12)9(11(14)15)13-16-10/h2-5H,1H3,(H,14,15). The summed E-state index contributed by atoms with van der Waals surface area (Å²) in [4.78, 5) is 10.7. The Morgan fingerprint density at radius 2 is 2.25 bits per heavy atom. The zero-order valence-electron chi connectivity index (χ0n) is 8.40. The average Bonchev–Trinajstić information content (AvgIpc) is 2.60. The van der Waals surface area contributed by atoms with Crippen LogP contribution in [0, 0.1) is 6.92 Å². The van der Waals surface area contributed by atoms with E-state index in [0.29, 0.717) is 5.56 Å². The zero-order chi connectivity index (χ0) is 11.7. The molecule has 0 saturated heterocycles. The molecular formula is C11H8ClNO3. The minimum Gasteiger partial charge on any atom is -0.476 e. The van der Waals surface area contributed by atoms with Crippen LogP contribution in [0.25, 0.3) is 11.3 Å². The molecule has 1 heterocycles. The summed E-state index contributed by atoms with van der Waals surface area (Å²) in [5.74, 6) is -0.921. The highest BCUT2D eigenvalue weighted by atomic mass is 35.5. The normalized spacial score (nSPS) is 10.4. The van der Waals surface area contributed by atoms with Crippen LogP contribution in [0.2, 0.25) is 5.02 Å². The number of nitrogens with zero attached hydrogens (tertiary/aromatic N) is 1. The molecule has 82 valence electrons. The molecule has 4 nitrogen and oxygen atoms in total. The Hall–Kier alpha value is -1.81. The number of aromatic carboxylic acids is 1. The smallest absolute Gasteiger partial charge is 0.359 e. The molecule has 5 heteroatoms. The molecule has 0 amide bonds. The summed E-state index contributed by atoms with van der Waals surface area (Å²) in [6, 6.07) is 7.39. The SMILES string of the molecule is Cc1cccc(-c2onc(C(=O)O)c2Cl)c1. The van der Waals surface area contributed by atoms with Gasteiger partial charge in [0.25, 0.3) is 0 Å². The van der Waals surface area contributed by atoms with Crippen LogP contribution in [0.5, 0.6) is 0 Å². The molecule has 0 unspecified atom stereocenters. The third-order valence-electron chi connectivity index (χ3n) is 2.12. The van der Waals surface area contributed by atoms with Crippen LogP contribution in [-0.2, 0) is 0 Å². The minimum absolute atomic E-state index is 0.0260. The molecule has 0 saturated carbocycles. The first kappa shape index (κ1) is 10.7. The van der Waals surface area contributed by atoms with Crippen molar-refractivity contribution in [3.8, 4) is 11.3 Å². The fraction of sp³-hybridized carbons (Fsp3) is 0.0909. The van der Waals surface area contributed by atoms with Crippen LogP contribution >= 0.6 is 11.6 Å². The number of aryl methyl sites for hydroxylation is 1. The van der Waals surface area contributed by atoms with Crippen LogP contribution in [0.15, 0.2) is 28.8 Å². The maximum absolute atomic E-state index is 10.7. The maximum Gasteiger partial charge on any atom is 0.359 e. The van der Waals surface area contributed by atoms with Gasteiger partial charge in [0.1, 0.15) is 5.02 Å². The molecule has 1 aromatic carbocycles. The van der Waals surface area contributed by atoms with E-state index in [2.05, 4.69) is 5.16 Å². The Labute approximate surface area is 96.4 Å². The second-order valence-electron chi connectivity index (χ2n) is 3.35. The molecule has 2 rings (SSSR count). The number of carboxylic acids is 1. The molecule has 0 atom stereocenters. The van der Waals surface area contributed by atoms with Gasteiger partial charge in [-0.25, -0.2) is 4.79 Å². The molecular weight excluding hydrogens is 230 g/mol. The van der Waals surface area contributed by atoms with E-state index < -0.39 is 5.97 Å². The largest absolute Gasteiger partial charge is 0.476 e. The van der Waals surface area contributed by atoms with Gasteiger partial charge in [0.05, 0.1) is 0 Å². The lowest BCUT2D eigenvalue weighted by atomic mass is 10.1. The summed E-state index contributed by atoms with van der Waals surface area (Å²) in [5, 5.41) is 12.2. The fourth-order valence-electron chi connectivity index (χ4n) is 1.38. The Bertz CT molecular complexity index is 548. The van der Waals surface area contributed by atoms with Crippen molar-refractivity contribution in [1.29, 1.82) is 0 Å². The second-order valence-corrected chi connectivity index (χ2v) is 3.73. The van der Waals surface area contributed by atoms with Gasteiger partial charge in [-0.15, -0.1) is 0 Å². The van der Waals surface area contributed by atoms with Crippen molar-refractivity contribution in [2.45, 2.75) is 6.92 Å². The minimum atomic E-state index is -1.20. The average molecular weight is 238 g/mol. The lowest BCUT2D eigenvalue weighted by Crippen LogP contribution is -1.96. The van der Waals surface area contributed by atoms with E-state index in [1.165, 1.54) is 0 Å². The van der Waals surface area contributed by atoms with Crippen molar-refractivity contribution < 1.29 is 14.4 Å². The molecule has 0 radical (unpaired) electrons. The van der Waals surface area contributed by atoms with Gasteiger partial charge >= 0.3 is 5.97 Å². The molecule has 0 aliphatic rings. The summed E-state index contributed by atoms with van der Waals surface area (Å²) in [5.41, 5.74) is 1.48. The van der Waals surface area contributed by atoms with E-state index in [0.717, 1.165) is 5.56 Å². The predicted octanol–water partition coefficient (Wildman–Crippen LogP) is 3.00. The Kier molecular flexibility index (Phi) is 2.66. The predicted molar refractivity (Wildman–Crippen MR) is 58.6 cm³/mol. The summed E-state index contributed by atoms with van der Waals surface area (Å²) < 4.78 is 4.93. The van der Waals surface area contributed by atoms with Crippen molar-refractivity contribution in [3.63, 3.8) is 0 Å². The van der Waals surface area contributed by atoms with Gasteiger partial charge < -0.3 is 9.63 Å². The van der Waals surface area contributed by atoms with Gasteiger partial charge in [0, 0.05) is 5.56 Å². The van der Waals surface area contributed by atoms with Crippen LogP contribution < -0.4 is 0 Å². The van der Waals surface area contributed by atoms with Crippen LogP contribution in [-0.4, -0.2) is 16.2 Å². The summed E-state index contributed by atoms with van der Waals surface area (Å²) in [6.45, 7) is 1.92. The first-order valence-electron chi connectivity index (χ1n) is 4.55. The van der Waals surface area contributed by atoms with Crippen LogP contribution in [0.3, 0.4) is 0 Å². The third kappa shape index (κ3) is 1.79. The lowest BCUT2D eigenvalue weighted by molar-refractivity contribution is 0.0686. The lowest BCUT2D eigenvalue weighted by Gasteiger charge is -1.97. The van der Waals surface area contributed by atoms with E-state index in [1.807, 2.05) is 25.1 Å². The van der Waals surface area contributed by atoms with Gasteiger partial charge in [-0.3, -0.25) is 0 Å². The molecule has 1 N–H and O–H groups in total. The maximum atomic E-state index is 10.7. The fourth-order valence-corrected chi connectivity index (χ4v) is 1.64. The second kappa shape index (κ2) is 3.98. The number of carbonyl (C=O) groups is 1. The quantitative estimate of drug-likeness (QED) is 0.872. The van der Waals surface area contributed by atoms with Crippen LogP contribution in [0.4, 0.5) is 0 Å². The molecule has 2 aromatic rings. The van der Waals surface area contributed by atoms with Crippen molar-refractivity contribution in [1.82, 2.24) is 5.16 Å². The highest BCUT2D eigenvalue weighted by Crippen LogP contribution is 2.30. The Morgan fingerprint density at radius 3 is 2.81 bits per heavy atom. The van der Waals surface area contributed by atoms with Gasteiger partial charge in [-0.05, 0) is 13.0 Å². The zero-order valence-corrected chi connectivity index (χ0v) is 9.15. The topological polar surface area (TPSA) is 63.3 Å². The third-order valence-corrected chi connectivity index (χ3v) is 2.47. The van der Waals surface area contributed by atoms with Crippen molar-refractivity contribution in [3.05, 3.63) is 40.5 Å². The number of rotatable bonds is 2. The van der Waals surface area contributed by atoms with Gasteiger partial charge in [-0.1, -0.05) is 40.5 Å². The molecule has 0 spiro atoms. The highest BCUT2D eigenvalue weighted by molar-refractivity contribution is 6.35. The van der Waals surface area contributed by atoms with Crippen molar-refractivity contribution >= 4 is 17.6 Å². The number of carboxylic acid groups (broad SMARTS) is 1. The van der Waals surface area contributed by atoms with E-state index in [4.69, 9.17) is 21.2 Å². The van der Waals surface area contributed by atoms with Gasteiger partial charge in [0.2, 0.25) is 5.69 Å². The van der Waals surface area contributed by atoms with Crippen molar-refractivity contribution in [2.75, 3.05) is 0 Å². The summed E-state index contributed by atoms with van der Waals surface area (Å²) in [7, 11) is 0. The molecule has 0 aliphatic carbocycles. The van der Waals surface area contributed by atoms with E-state index in [9.17, 15) is 4.79 Å². The number of hydrogen-bond acceptors (Lipinski definition) is 3. The monoisotopic (exact) mass is 237 g/mol. The molecule has 1 aromatic heterocycles.